The van der Waals surface area contributed by atoms with E-state index in [-0.39, 0.29) is 37.2 Å². The Labute approximate surface area is 233 Å². The molecule has 0 radical (unpaired) electrons. The Morgan fingerprint density at radius 3 is 1.86 bits per heavy atom. The number of benzene rings is 1. The van der Waals surface area contributed by atoms with Gasteiger partial charge in [0.1, 0.15) is 0 Å². The molecule has 0 aliphatic rings. The van der Waals surface area contributed by atoms with E-state index >= 15 is 0 Å². The van der Waals surface area contributed by atoms with E-state index in [2.05, 4.69) is 24.0 Å². The van der Waals surface area contributed by atoms with Crippen LogP contribution in [-0.4, -0.2) is 57.0 Å². The van der Waals surface area contributed by atoms with Crippen molar-refractivity contribution in [1.82, 2.24) is 4.90 Å². The molecule has 35 heavy (non-hydrogen) atoms. The number of rotatable bonds is 22. The minimum absolute atomic E-state index is 0. The van der Waals surface area contributed by atoms with Crippen LogP contribution in [0.15, 0.2) is 30.3 Å². The molecule has 0 saturated heterocycles. The van der Waals surface area contributed by atoms with Crippen molar-refractivity contribution in [3.8, 4) is 0 Å². The van der Waals surface area contributed by atoms with Crippen molar-refractivity contribution in [2.45, 2.75) is 71.1 Å². The molecule has 0 heterocycles. The van der Waals surface area contributed by atoms with Crippen LogP contribution in [0.4, 0.5) is 0 Å². The fraction of sp³-hybridized carbons (Fsp3) is 0.760. The number of hydrogen-bond acceptors (Lipinski definition) is 6. The molecule has 0 bridgehead atoms. The van der Waals surface area contributed by atoms with Gasteiger partial charge in [-0.1, -0.05) is 75.8 Å². The summed E-state index contributed by atoms with van der Waals surface area (Å²) in [5.74, 6) is 0. The van der Waals surface area contributed by atoms with Crippen molar-refractivity contribution in [2.24, 2.45) is 11.5 Å². The van der Waals surface area contributed by atoms with Gasteiger partial charge in [-0.2, -0.15) is 0 Å². The highest BCUT2D eigenvalue weighted by Crippen LogP contribution is 2.48. The van der Waals surface area contributed by atoms with E-state index in [9.17, 15) is 4.57 Å². The smallest absolute Gasteiger partial charge is 0.330 e. The van der Waals surface area contributed by atoms with Crippen LogP contribution in [0, 0.1) is 0 Å². The normalized spacial score (nSPS) is 12.3. The van der Waals surface area contributed by atoms with Crippen LogP contribution >= 0.6 is 44.8 Å². The molecular weight excluding hydrogens is 528 g/mol. The molecule has 10 heteroatoms. The van der Waals surface area contributed by atoms with Crippen molar-refractivity contribution >= 4 is 44.8 Å². The molecule has 1 unspecified atom stereocenters. The van der Waals surface area contributed by atoms with Gasteiger partial charge >= 0.3 is 7.60 Å². The largest absolute Gasteiger partial charge is 0.331 e. The van der Waals surface area contributed by atoms with Crippen molar-refractivity contribution in [1.29, 1.82) is 0 Å². The standard InChI is InChI=1S/C25H48N3O3P.3ClH/c1-2-3-4-5-6-7-11-22-30-32(29,31-23-16-25-14-9-8-10-15-25)24-21-28(19-12-17-26)20-13-18-27;;;/h8-10,14-15H,2-7,11-13,16-24,26-27H2,1H3;3*1H. The molecule has 0 aliphatic heterocycles. The molecule has 1 aromatic rings. The number of halogens is 3. The summed E-state index contributed by atoms with van der Waals surface area (Å²) < 4.78 is 25.3. The molecule has 210 valence electrons. The third kappa shape index (κ3) is 21.9. The first-order chi connectivity index (χ1) is 15.6. The summed E-state index contributed by atoms with van der Waals surface area (Å²) >= 11 is 0. The number of hydrogen-bond donors (Lipinski definition) is 2. The fourth-order valence-corrected chi connectivity index (χ4v) is 5.24. The lowest BCUT2D eigenvalue weighted by atomic mass is 10.1. The lowest BCUT2D eigenvalue weighted by molar-refractivity contribution is 0.196. The van der Waals surface area contributed by atoms with Crippen LogP contribution in [0.5, 0.6) is 0 Å². The third-order valence-electron chi connectivity index (χ3n) is 5.60. The second-order valence-corrected chi connectivity index (χ2v) is 10.7. The maximum atomic E-state index is 13.5. The first kappa shape index (κ1) is 39.6. The van der Waals surface area contributed by atoms with E-state index < -0.39 is 7.60 Å². The monoisotopic (exact) mass is 577 g/mol. The van der Waals surface area contributed by atoms with E-state index in [1.165, 1.54) is 37.7 Å². The second kappa shape index (κ2) is 27.2. The predicted molar refractivity (Wildman–Crippen MR) is 158 cm³/mol. The minimum Gasteiger partial charge on any atom is -0.330 e. The topological polar surface area (TPSA) is 90.8 Å². The van der Waals surface area contributed by atoms with Crippen molar-refractivity contribution in [2.75, 3.05) is 52.1 Å². The van der Waals surface area contributed by atoms with Crippen LogP contribution in [0.1, 0.15) is 70.3 Å². The highest BCUT2D eigenvalue weighted by atomic mass is 35.5. The number of nitrogens with zero attached hydrogens (tertiary/aromatic N) is 1. The lowest BCUT2D eigenvalue weighted by Crippen LogP contribution is -2.31. The Morgan fingerprint density at radius 1 is 0.743 bits per heavy atom. The SMILES string of the molecule is CCCCCCCCCOP(=O)(CCN(CCCN)CCCN)OCCc1ccccc1.Cl.Cl.Cl. The van der Waals surface area contributed by atoms with E-state index in [1.54, 1.807) is 0 Å². The molecule has 0 fully saturated rings. The summed E-state index contributed by atoms with van der Waals surface area (Å²) in [4.78, 5) is 2.28. The van der Waals surface area contributed by atoms with Gasteiger partial charge in [0.05, 0.1) is 19.4 Å². The zero-order chi connectivity index (χ0) is 23.3. The van der Waals surface area contributed by atoms with E-state index in [0.717, 1.165) is 45.2 Å². The molecule has 6 nitrogen and oxygen atoms in total. The molecule has 4 N–H and O–H groups in total. The first-order valence-electron chi connectivity index (χ1n) is 12.7. The molecule has 0 aliphatic carbocycles. The van der Waals surface area contributed by atoms with Crippen LogP contribution in [0.25, 0.3) is 0 Å². The molecule has 1 aromatic carbocycles. The third-order valence-corrected chi connectivity index (χ3v) is 7.50. The van der Waals surface area contributed by atoms with Gasteiger partial charge in [-0.05, 0) is 57.4 Å². The lowest BCUT2D eigenvalue weighted by Gasteiger charge is -2.25. The molecular formula is C25H51Cl3N3O3P. The average molecular weight is 579 g/mol. The van der Waals surface area contributed by atoms with Gasteiger partial charge in [0, 0.05) is 6.54 Å². The maximum absolute atomic E-state index is 13.5. The minimum atomic E-state index is -3.14. The van der Waals surface area contributed by atoms with E-state index in [4.69, 9.17) is 20.5 Å². The van der Waals surface area contributed by atoms with Crippen LogP contribution in [0.2, 0.25) is 0 Å². The van der Waals surface area contributed by atoms with Gasteiger partial charge in [0.2, 0.25) is 0 Å². The van der Waals surface area contributed by atoms with Crippen molar-refractivity contribution in [3.63, 3.8) is 0 Å². The highest BCUT2D eigenvalue weighted by Gasteiger charge is 2.25. The zero-order valence-corrected chi connectivity index (χ0v) is 25.0. The Hall–Kier alpha value is 0.120. The number of unbranched alkanes of at least 4 members (excludes halogenated alkanes) is 6. The summed E-state index contributed by atoms with van der Waals surface area (Å²) in [5, 5.41) is 0. The molecule has 1 rings (SSSR count). The molecule has 0 aromatic heterocycles. The van der Waals surface area contributed by atoms with Gasteiger partial charge in [-0.25, -0.2) is 0 Å². The Balaban J connectivity index is -0.00000341. The predicted octanol–water partition coefficient (Wildman–Crippen LogP) is 6.47. The first-order valence-corrected chi connectivity index (χ1v) is 14.4. The van der Waals surface area contributed by atoms with Gasteiger partial charge < -0.3 is 25.4 Å². The van der Waals surface area contributed by atoms with Gasteiger partial charge in [0.15, 0.2) is 0 Å². The van der Waals surface area contributed by atoms with Gasteiger partial charge in [0.25, 0.3) is 0 Å². The van der Waals surface area contributed by atoms with Crippen molar-refractivity contribution in [3.05, 3.63) is 35.9 Å². The van der Waals surface area contributed by atoms with E-state index in [0.29, 0.717) is 39.0 Å². The van der Waals surface area contributed by atoms with E-state index in [1.807, 2.05) is 18.2 Å². The maximum Gasteiger partial charge on any atom is 0.331 e. The van der Waals surface area contributed by atoms with Crippen LogP contribution in [-0.2, 0) is 20.0 Å². The van der Waals surface area contributed by atoms with Crippen molar-refractivity contribution < 1.29 is 13.6 Å². The summed E-state index contributed by atoms with van der Waals surface area (Å²) in [6.07, 6.45) is 11.4. The average Bonchev–Trinajstić information content (AvgIpc) is 2.81. The highest BCUT2D eigenvalue weighted by molar-refractivity contribution is 7.53. The molecule has 1 atom stereocenters. The Kier molecular flexibility index (Phi) is 30.8. The van der Waals surface area contributed by atoms with Crippen LogP contribution in [0.3, 0.4) is 0 Å². The fourth-order valence-electron chi connectivity index (χ4n) is 3.61. The summed E-state index contributed by atoms with van der Waals surface area (Å²) in [5.41, 5.74) is 12.5. The summed E-state index contributed by atoms with van der Waals surface area (Å²) in [7, 11) is -3.14. The Bertz CT molecular complexity index is 596. The number of nitrogens with two attached hydrogens (primary N) is 2. The molecule has 0 amide bonds. The van der Waals surface area contributed by atoms with Gasteiger partial charge in [-0.15, -0.1) is 37.2 Å². The molecule has 0 saturated carbocycles. The zero-order valence-electron chi connectivity index (χ0n) is 21.6. The quantitative estimate of drug-likeness (QED) is 0.121. The summed E-state index contributed by atoms with van der Waals surface area (Å²) in [6.45, 7) is 6.90. The molecule has 0 spiro atoms. The second-order valence-electron chi connectivity index (χ2n) is 8.48. The van der Waals surface area contributed by atoms with Crippen LogP contribution < -0.4 is 11.5 Å². The Morgan fingerprint density at radius 2 is 1.29 bits per heavy atom. The summed E-state index contributed by atoms with van der Waals surface area (Å²) in [6, 6.07) is 10.2. The van der Waals surface area contributed by atoms with Gasteiger partial charge in [-0.3, -0.25) is 4.57 Å².